The maximum absolute atomic E-state index is 6.27. The lowest BCUT2D eigenvalue weighted by Gasteiger charge is -2.23. The third-order valence-electron chi connectivity index (χ3n) is 3.07. The molecular weight excluding hydrogens is 208 g/mol. The molecule has 0 aliphatic rings. The summed E-state index contributed by atoms with van der Waals surface area (Å²) in [4.78, 5) is 4.62. The SMILES string of the molecule is Cc1cc(C)c2c(C(C)(C)N)cc(C)nc2c1. The summed E-state index contributed by atoms with van der Waals surface area (Å²) in [6.07, 6.45) is 0. The second-order valence-corrected chi connectivity index (χ2v) is 5.51. The molecule has 90 valence electrons. The van der Waals surface area contributed by atoms with E-state index in [9.17, 15) is 0 Å². The Labute approximate surface area is 103 Å². The number of rotatable bonds is 1. The summed E-state index contributed by atoms with van der Waals surface area (Å²) in [7, 11) is 0. The number of pyridine rings is 1. The summed E-state index contributed by atoms with van der Waals surface area (Å²) in [5.74, 6) is 0. The van der Waals surface area contributed by atoms with Crippen LogP contribution < -0.4 is 5.73 Å². The highest BCUT2D eigenvalue weighted by Crippen LogP contribution is 2.29. The molecule has 0 atom stereocenters. The van der Waals surface area contributed by atoms with Crippen LogP contribution in [0.15, 0.2) is 18.2 Å². The van der Waals surface area contributed by atoms with Crippen LogP contribution in [0.25, 0.3) is 10.9 Å². The number of fused-ring (bicyclic) bond motifs is 1. The molecule has 0 saturated carbocycles. The van der Waals surface area contributed by atoms with Gasteiger partial charge < -0.3 is 5.73 Å². The lowest BCUT2D eigenvalue weighted by atomic mass is 9.89. The van der Waals surface area contributed by atoms with Crippen LogP contribution in [0.4, 0.5) is 0 Å². The standard InChI is InChI=1S/C15H20N2/c1-9-6-10(2)14-12(15(4,5)16)8-11(3)17-13(14)7-9/h6-8H,16H2,1-5H3. The molecular formula is C15H20N2. The molecule has 0 aliphatic carbocycles. The quantitative estimate of drug-likeness (QED) is 0.813. The van der Waals surface area contributed by atoms with Crippen LogP contribution in [0.1, 0.15) is 36.2 Å². The zero-order valence-corrected chi connectivity index (χ0v) is 11.3. The molecule has 2 heteroatoms. The predicted molar refractivity (Wildman–Crippen MR) is 73.2 cm³/mol. The van der Waals surface area contributed by atoms with Crippen molar-refractivity contribution in [3.05, 3.63) is 40.6 Å². The highest BCUT2D eigenvalue weighted by Gasteiger charge is 2.19. The molecule has 2 nitrogen and oxygen atoms in total. The topological polar surface area (TPSA) is 38.9 Å². The maximum atomic E-state index is 6.27. The van der Waals surface area contributed by atoms with Crippen molar-refractivity contribution < 1.29 is 0 Å². The molecule has 0 aliphatic heterocycles. The average molecular weight is 228 g/mol. The molecule has 2 aromatic rings. The maximum Gasteiger partial charge on any atom is 0.0713 e. The van der Waals surface area contributed by atoms with Gasteiger partial charge in [0.05, 0.1) is 5.52 Å². The molecule has 1 aromatic heterocycles. The third kappa shape index (κ3) is 2.18. The number of nitrogens with two attached hydrogens (primary N) is 1. The van der Waals surface area contributed by atoms with Crippen LogP contribution in [0.2, 0.25) is 0 Å². The van der Waals surface area contributed by atoms with Gasteiger partial charge in [0.2, 0.25) is 0 Å². The second-order valence-electron chi connectivity index (χ2n) is 5.51. The predicted octanol–water partition coefficient (Wildman–Crippen LogP) is 3.35. The molecule has 2 N–H and O–H groups in total. The van der Waals surface area contributed by atoms with E-state index in [1.54, 1.807) is 0 Å². The minimum absolute atomic E-state index is 0.341. The molecule has 0 amide bonds. The van der Waals surface area contributed by atoms with Crippen LogP contribution in [0, 0.1) is 20.8 Å². The Morgan fingerprint density at radius 3 is 2.29 bits per heavy atom. The lowest BCUT2D eigenvalue weighted by Crippen LogP contribution is -2.29. The fraction of sp³-hybridized carbons (Fsp3) is 0.400. The van der Waals surface area contributed by atoms with Crippen molar-refractivity contribution in [2.75, 3.05) is 0 Å². The minimum atomic E-state index is -0.341. The van der Waals surface area contributed by atoms with Gasteiger partial charge in [0.1, 0.15) is 0 Å². The number of nitrogens with zero attached hydrogens (tertiary/aromatic N) is 1. The van der Waals surface area contributed by atoms with Crippen molar-refractivity contribution >= 4 is 10.9 Å². The normalized spacial score (nSPS) is 12.1. The van der Waals surface area contributed by atoms with E-state index in [4.69, 9.17) is 5.73 Å². The van der Waals surface area contributed by atoms with Gasteiger partial charge in [-0.3, -0.25) is 4.98 Å². The fourth-order valence-electron chi connectivity index (χ4n) is 2.40. The monoisotopic (exact) mass is 228 g/mol. The Kier molecular flexibility index (Phi) is 2.70. The summed E-state index contributed by atoms with van der Waals surface area (Å²) in [5.41, 5.74) is 11.7. The molecule has 0 unspecified atom stereocenters. The Balaban J connectivity index is 2.93. The van der Waals surface area contributed by atoms with Gasteiger partial charge in [-0.2, -0.15) is 0 Å². The second kappa shape index (κ2) is 3.81. The van der Waals surface area contributed by atoms with Crippen molar-refractivity contribution in [3.8, 4) is 0 Å². The van der Waals surface area contributed by atoms with Gasteiger partial charge in [-0.1, -0.05) is 6.07 Å². The van der Waals surface area contributed by atoms with Gasteiger partial charge in [0.25, 0.3) is 0 Å². The van der Waals surface area contributed by atoms with Crippen LogP contribution in [0.5, 0.6) is 0 Å². The van der Waals surface area contributed by atoms with Gasteiger partial charge in [0.15, 0.2) is 0 Å². The number of aromatic nitrogens is 1. The van der Waals surface area contributed by atoms with Gasteiger partial charge >= 0.3 is 0 Å². The highest BCUT2D eigenvalue weighted by atomic mass is 14.7. The summed E-state index contributed by atoms with van der Waals surface area (Å²) in [6, 6.07) is 6.42. The van der Waals surface area contributed by atoms with E-state index in [1.807, 2.05) is 20.8 Å². The van der Waals surface area contributed by atoms with Crippen molar-refractivity contribution in [2.24, 2.45) is 5.73 Å². The average Bonchev–Trinajstić information content (AvgIpc) is 2.13. The number of benzene rings is 1. The number of hydrogen-bond donors (Lipinski definition) is 1. The number of hydrogen-bond acceptors (Lipinski definition) is 2. The summed E-state index contributed by atoms with van der Waals surface area (Å²) >= 11 is 0. The Morgan fingerprint density at radius 2 is 1.71 bits per heavy atom. The van der Waals surface area contributed by atoms with E-state index in [0.29, 0.717) is 0 Å². The van der Waals surface area contributed by atoms with Crippen LogP contribution in [-0.2, 0) is 5.54 Å². The summed E-state index contributed by atoms with van der Waals surface area (Å²) in [6.45, 7) is 10.3. The first-order chi connectivity index (χ1) is 7.79. The smallest absolute Gasteiger partial charge is 0.0713 e. The molecule has 0 fully saturated rings. The summed E-state index contributed by atoms with van der Waals surface area (Å²) in [5, 5.41) is 1.20. The molecule has 0 bridgehead atoms. The zero-order valence-electron chi connectivity index (χ0n) is 11.3. The molecule has 2 rings (SSSR count). The zero-order chi connectivity index (χ0) is 12.8. The van der Waals surface area contributed by atoms with Gasteiger partial charge in [-0.15, -0.1) is 0 Å². The summed E-state index contributed by atoms with van der Waals surface area (Å²) < 4.78 is 0. The van der Waals surface area contributed by atoms with Gasteiger partial charge in [-0.05, 0) is 63.4 Å². The van der Waals surface area contributed by atoms with Gasteiger partial charge in [0, 0.05) is 16.6 Å². The van der Waals surface area contributed by atoms with Gasteiger partial charge in [-0.25, -0.2) is 0 Å². The van der Waals surface area contributed by atoms with E-state index < -0.39 is 0 Å². The van der Waals surface area contributed by atoms with E-state index >= 15 is 0 Å². The van der Waals surface area contributed by atoms with Crippen molar-refractivity contribution in [2.45, 2.75) is 40.2 Å². The van der Waals surface area contributed by atoms with Crippen molar-refractivity contribution in [1.29, 1.82) is 0 Å². The first-order valence-corrected chi connectivity index (χ1v) is 5.97. The molecule has 17 heavy (non-hydrogen) atoms. The highest BCUT2D eigenvalue weighted by molar-refractivity contribution is 5.87. The molecule has 0 spiro atoms. The van der Waals surface area contributed by atoms with Crippen molar-refractivity contribution in [1.82, 2.24) is 4.98 Å². The van der Waals surface area contributed by atoms with Crippen LogP contribution in [-0.4, -0.2) is 4.98 Å². The largest absolute Gasteiger partial charge is 0.322 e. The molecule has 1 aromatic carbocycles. The van der Waals surface area contributed by atoms with E-state index in [0.717, 1.165) is 11.2 Å². The van der Waals surface area contributed by atoms with E-state index in [1.165, 1.54) is 22.1 Å². The fourth-order valence-corrected chi connectivity index (χ4v) is 2.40. The molecule has 0 radical (unpaired) electrons. The Morgan fingerprint density at radius 1 is 1.06 bits per heavy atom. The van der Waals surface area contributed by atoms with Crippen LogP contribution in [0.3, 0.4) is 0 Å². The molecule has 0 saturated heterocycles. The van der Waals surface area contributed by atoms with Crippen LogP contribution >= 0.6 is 0 Å². The third-order valence-corrected chi connectivity index (χ3v) is 3.07. The number of aryl methyl sites for hydroxylation is 3. The lowest BCUT2D eigenvalue weighted by molar-refractivity contribution is 0.558. The first-order valence-electron chi connectivity index (χ1n) is 5.97. The Hall–Kier alpha value is -1.41. The Bertz CT molecular complexity index is 572. The molecule has 1 heterocycles. The minimum Gasteiger partial charge on any atom is -0.322 e. The first kappa shape index (κ1) is 12.1. The van der Waals surface area contributed by atoms with Crippen molar-refractivity contribution in [3.63, 3.8) is 0 Å². The van der Waals surface area contributed by atoms with E-state index in [-0.39, 0.29) is 5.54 Å². The van der Waals surface area contributed by atoms with E-state index in [2.05, 4.69) is 37.0 Å².